The van der Waals surface area contributed by atoms with E-state index < -0.39 is 5.41 Å². The molecule has 0 bridgehead atoms. The van der Waals surface area contributed by atoms with E-state index in [9.17, 15) is 14.0 Å². The molecule has 1 atom stereocenters. The molecule has 1 aliphatic heterocycles. The number of aromatic nitrogens is 1. The second-order valence-corrected chi connectivity index (χ2v) is 7.89. The molecule has 3 aromatic rings. The van der Waals surface area contributed by atoms with E-state index in [0.717, 1.165) is 5.56 Å². The van der Waals surface area contributed by atoms with Gasteiger partial charge in [-0.05, 0) is 42.8 Å². The molecule has 1 unspecified atom stereocenters. The zero-order valence-electron chi connectivity index (χ0n) is 17.7. The second kappa shape index (κ2) is 9.21. The van der Waals surface area contributed by atoms with Crippen LogP contribution < -0.4 is 10.1 Å². The summed E-state index contributed by atoms with van der Waals surface area (Å²) in [7, 11) is 1.58. The van der Waals surface area contributed by atoms with Crippen molar-refractivity contribution in [1.29, 1.82) is 0 Å². The van der Waals surface area contributed by atoms with E-state index in [0.29, 0.717) is 36.6 Å². The van der Waals surface area contributed by atoms with Crippen molar-refractivity contribution < 1.29 is 23.2 Å². The summed E-state index contributed by atoms with van der Waals surface area (Å²) in [5.74, 6) is 0.485. The van der Waals surface area contributed by atoms with Crippen molar-refractivity contribution in [2.45, 2.75) is 12.8 Å². The van der Waals surface area contributed by atoms with Crippen LogP contribution in [0.4, 0.5) is 4.39 Å². The van der Waals surface area contributed by atoms with E-state index in [1.54, 1.807) is 42.3 Å². The molecule has 1 N–H and O–H groups in total. The molecule has 0 aliphatic carbocycles. The average Bonchev–Trinajstić information content (AvgIpc) is 3.46. The molecule has 1 saturated heterocycles. The van der Waals surface area contributed by atoms with Gasteiger partial charge in [0.05, 0.1) is 5.41 Å². The van der Waals surface area contributed by atoms with E-state index in [2.05, 4.69) is 10.5 Å². The SMILES string of the molecule is CNC(=O)C1(Cc2cc(-c3ccc(F)cc3)no2)CCN(C(=O)COc2ccccc2)C1. The van der Waals surface area contributed by atoms with Crippen LogP contribution in [0.2, 0.25) is 0 Å². The van der Waals surface area contributed by atoms with Gasteiger partial charge in [-0.3, -0.25) is 9.59 Å². The van der Waals surface area contributed by atoms with Crippen molar-refractivity contribution in [3.05, 3.63) is 72.2 Å². The lowest BCUT2D eigenvalue weighted by atomic mass is 9.81. The normalized spacial score (nSPS) is 17.9. The maximum absolute atomic E-state index is 13.2. The molecular formula is C24H24FN3O4. The fourth-order valence-corrected chi connectivity index (χ4v) is 4.00. The molecule has 4 rings (SSSR count). The van der Waals surface area contributed by atoms with Crippen molar-refractivity contribution in [3.63, 3.8) is 0 Å². The quantitative estimate of drug-likeness (QED) is 0.614. The molecule has 2 heterocycles. The smallest absolute Gasteiger partial charge is 0.260 e. The minimum Gasteiger partial charge on any atom is -0.484 e. The third-order valence-corrected chi connectivity index (χ3v) is 5.73. The van der Waals surface area contributed by atoms with Gasteiger partial charge >= 0.3 is 0 Å². The molecule has 1 aromatic heterocycles. The molecule has 2 amide bonds. The highest BCUT2D eigenvalue weighted by atomic mass is 19.1. The van der Waals surface area contributed by atoms with Crippen LogP contribution in [0, 0.1) is 11.2 Å². The van der Waals surface area contributed by atoms with Crippen molar-refractivity contribution in [1.82, 2.24) is 15.4 Å². The van der Waals surface area contributed by atoms with Gasteiger partial charge in [0, 0.05) is 38.2 Å². The Morgan fingerprint density at radius 1 is 1.19 bits per heavy atom. The maximum atomic E-state index is 13.2. The van der Waals surface area contributed by atoms with E-state index in [1.807, 2.05) is 18.2 Å². The number of hydrogen-bond acceptors (Lipinski definition) is 5. The van der Waals surface area contributed by atoms with Crippen molar-refractivity contribution in [3.8, 4) is 17.0 Å². The Bertz CT molecular complexity index is 1080. The van der Waals surface area contributed by atoms with Gasteiger partial charge in [-0.2, -0.15) is 0 Å². The number of benzene rings is 2. The zero-order valence-corrected chi connectivity index (χ0v) is 17.7. The van der Waals surface area contributed by atoms with Crippen LogP contribution in [0.15, 0.2) is 65.2 Å². The largest absolute Gasteiger partial charge is 0.484 e. The highest BCUT2D eigenvalue weighted by Gasteiger charge is 2.46. The average molecular weight is 437 g/mol. The molecular weight excluding hydrogens is 413 g/mol. The third-order valence-electron chi connectivity index (χ3n) is 5.73. The number of likely N-dealkylation sites (tertiary alicyclic amines) is 1. The summed E-state index contributed by atoms with van der Waals surface area (Å²) < 4.78 is 24.2. The lowest BCUT2D eigenvalue weighted by Crippen LogP contribution is -2.44. The first-order chi connectivity index (χ1) is 15.5. The Hall–Kier alpha value is -3.68. The summed E-state index contributed by atoms with van der Waals surface area (Å²) in [6, 6.07) is 16.8. The highest BCUT2D eigenvalue weighted by Crippen LogP contribution is 2.35. The molecule has 0 spiro atoms. The van der Waals surface area contributed by atoms with Crippen LogP contribution in [0.25, 0.3) is 11.3 Å². The van der Waals surface area contributed by atoms with Gasteiger partial charge in [-0.1, -0.05) is 23.4 Å². The Morgan fingerprint density at radius 3 is 2.66 bits per heavy atom. The summed E-state index contributed by atoms with van der Waals surface area (Å²) in [5.41, 5.74) is 0.461. The first-order valence-electron chi connectivity index (χ1n) is 10.4. The van der Waals surface area contributed by atoms with Gasteiger partial charge < -0.3 is 19.5 Å². The number of ether oxygens (including phenoxy) is 1. The van der Waals surface area contributed by atoms with E-state index in [1.165, 1.54) is 12.1 Å². The first-order valence-corrected chi connectivity index (χ1v) is 10.4. The molecule has 2 aromatic carbocycles. The predicted octanol–water partition coefficient (Wildman–Crippen LogP) is 3.07. The van der Waals surface area contributed by atoms with Crippen LogP contribution in [0.3, 0.4) is 0 Å². The number of rotatable bonds is 7. The minimum atomic E-state index is -0.823. The van der Waals surface area contributed by atoms with Crippen molar-refractivity contribution >= 4 is 11.8 Å². The van der Waals surface area contributed by atoms with E-state index in [-0.39, 0.29) is 30.8 Å². The molecule has 32 heavy (non-hydrogen) atoms. The number of carbonyl (C=O) groups excluding carboxylic acids is 2. The topological polar surface area (TPSA) is 84.7 Å². The highest BCUT2D eigenvalue weighted by molar-refractivity contribution is 5.85. The summed E-state index contributed by atoms with van der Waals surface area (Å²) in [6.45, 7) is 0.616. The van der Waals surface area contributed by atoms with Crippen LogP contribution in [-0.2, 0) is 16.0 Å². The van der Waals surface area contributed by atoms with Crippen LogP contribution >= 0.6 is 0 Å². The maximum Gasteiger partial charge on any atom is 0.260 e. The Morgan fingerprint density at radius 2 is 1.94 bits per heavy atom. The van der Waals surface area contributed by atoms with Gasteiger partial charge in [-0.25, -0.2) is 4.39 Å². The number of nitrogens with zero attached hydrogens (tertiary/aromatic N) is 2. The monoisotopic (exact) mass is 437 g/mol. The zero-order chi connectivity index (χ0) is 22.6. The van der Waals surface area contributed by atoms with Crippen molar-refractivity contribution in [2.75, 3.05) is 26.7 Å². The summed E-state index contributed by atoms with van der Waals surface area (Å²) in [4.78, 5) is 27.2. The van der Waals surface area contributed by atoms with Gasteiger partial charge in [0.2, 0.25) is 5.91 Å². The Kier molecular flexibility index (Phi) is 6.20. The standard InChI is InChI=1S/C24H24FN3O4/c1-26-23(30)24(14-20-13-21(27-32-20)17-7-9-18(25)10-8-17)11-12-28(16-24)22(29)15-31-19-5-3-2-4-6-19/h2-10,13H,11-12,14-16H2,1H3,(H,26,30). The molecule has 0 saturated carbocycles. The van der Waals surface area contributed by atoms with Gasteiger partial charge in [0.1, 0.15) is 23.0 Å². The van der Waals surface area contributed by atoms with Gasteiger partial charge in [0.25, 0.3) is 5.91 Å². The molecule has 8 heteroatoms. The first kappa shape index (κ1) is 21.5. The molecule has 1 fully saturated rings. The van der Waals surface area contributed by atoms with Gasteiger partial charge in [0.15, 0.2) is 6.61 Å². The lowest BCUT2D eigenvalue weighted by molar-refractivity contribution is -0.134. The third kappa shape index (κ3) is 4.64. The van der Waals surface area contributed by atoms with Crippen LogP contribution in [-0.4, -0.2) is 48.6 Å². The van der Waals surface area contributed by atoms with Gasteiger partial charge in [-0.15, -0.1) is 0 Å². The lowest BCUT2D eigenvalue weighted by Gasteiger charge is -2.26. The number of nitrogens with one attached hydrogen (secondary N) is 1. The number of amides is 2. The van der Waals surface area contributed by atoms with Crippen LogP contribution in [0.5, 0.6) is 5.75 Å². The number of para-hydroxylation sites is 1. The minimum absolute atomic E-state index is 0.0924. The van der Waals surface area contributed by atoms with Crippen LogP contribution in [0.1, 0.15) is 12.2 Å². The Balaban J connectivity index is 1.45. The Labute approximate surface area is 185 Å². The molecule has 1 aliphatic rings. The fourth-order valence-electron chi connectivity index (χ4n) is 4.00. The number of halogens is 1. The summed E-state index contributed by atoms with van der Waals surface area (Å²) >= 11 is 0. The number of hydrogen-bond donors (Lipinski definition) is 1. The molecule has 0 radical (unpaired) electrons. The molecule has 166 valence electrons. The second-order valence-electron chi connectivity index (χ2n) is 7.89. The van der Waals surface area contributed by atoms with E-state index >= 15 is 0 Å². The fraction of sp³-hybridized carbons (Fsp3) is 0.292. The van der Waals surface area contributed by atoms with Crippen molar-refractivity contribution in [2.24, 2.45) is 5.41 Å². The summed E-state index contributed by atoms with van der Waals surface area (Å²) in [5, 5.41) is 6.78. The predicted molar refractivity (Wildman–Crippen MR) is 115 cm³/mol. The number of carbonyl (C=O) groups is 2. The molecule has 7 nitrogen and oxygen atoms in total. The van der Waals surface area contributed by atoms with E-state index in [4.69, 9.17) is 9.26 Å². The summed E-state index contributed by atoms with van der Waals surface area (Å²) in [6.07, 6.45) is 0.792.